The van der Waals surface area contributed by atoms with Crippen molar-refractivity contribution in [1.29, 1.82) is 0 Å². The molecular formula is C30H32IN5O4S2. The fourth-order valence-corrected chi connectivity index (χ4v) is 8.26. The fourth-order valence-electron chi connectivity index (χ4n) is 5.15. The Labute approximate surface area is 266 Å². The zero-order chi connectivity index (χ0) is 29.5. The molecule has 2 aromatic carbocycles. The zero-order valence-corrected chi connectivity index (χ0v) is 27.2. The molecule has 5 rings (SSSR count). The van der Waals surface area contributed by atoms with E-state index in [1.807, 2.05) is 48.5 Å². The summed E-state index contributed by atoms with van der Waals surface area (Å²) in [7, 11) is 3.22. The number of nitrogens with one attached hydrogen (secondary N) is 2. The molecule has 1 aliphatic rings. The molecule has 0 bridgehead atoms. The van der Waals surface area contributed by atoms with Gasteiger partial charge >= 0.3 is 0 Å². The Morgan fingerprint density at radius 2 is 1.45 bits per heavy atom. The summed E-state index contributed by atoms with van der Waals surface area (Å²) < 4.78 is 11.5. The Morgan fingerprint density at radius 1 is 0.857 bits per heavy atom. The number of hydrogen-bond acceptors (Lipinski definition) is 9. The van der Waals surface area contributed by atoms with Gasteiger partial charge in [-0.05, 0) is 83.2 Å². The molecule has 0 aliphatic heterocycles. The van der Waals surface area contributed by atoms with Crippen molar-refractivity contribution in [2.24, 2.45) is 0 Å². The van der Waals surface area contributed by atoms with Gasteiger partial charge in [0.2, 0.25) is 16.9 Å². The van der Waals surface area contributed by atoms with E-state index in [1.165, 1.54) is 16.2 Å². The second-order valence-electron chi connectivity index (χ2n) is 10.2. The van der Waals surface area contributed by atoms with Crippen molar-refractivity contribution in [3.8, 4) is 11.5 Å². The number of halogens is 1. The number of aromatic nitrogens is 3. The average Bonchev–Trinajstić information content (AvgIpc) is 3.50. The van der Waals surface area contributed by atoms with Gasteiger partial charge in [-0.3, -0.25) is 9.59 Å². The van der Waals surface area contributed by atoms with E-state index in [-0.39, 0.29) is 30.6 Å². The van der Waals surface area contributed by atoms with Gasteiger partial charge in [0, 0.05) is 10.8 Å². The van der Waals surface area contributed by atoms with Crippen LogP contribution in [-0.4, -0.2) is 41.2 Å². The first-order valence-corrected chi connectivity index (χ1v) is 16.5. The Kier molecular flexibility index (Phi) is 10.4. The third-order valence-corrected chi connectivity index (χ3v) is 10.5. The quantitative estimate of drug-likeness (QED) is 0.137. The van der Waals surface area contributed by atoms with E-state index in [9.17, 15) is 9.59 Å². The molecule has 1 fully saturated rings. The summed E-state index contributed by atoms with van der Waals surface area (Å²) in [6.07, 6.45) is 5.75. The zero-order valence-electron chi connectivity index (χ0n) is 23.4. The third kappa shape index (κ3) is 8.04. The van der Waals surface area contributed by atoms with Gasteiger partial charge in [-0.25, -0.2) is 4.98 Å². The van der Waals surface area contributed by atoms with Crippen molar-refractivity contribution in [3.63, 3.8) is 0 Å². The molecule has 2 heterocycles. The molecule has 2 N–H and O–H groups in total. The van der Waals surface area contributed by atoms with Crippen molar-refractivity contribution in [3.05, 3.63) is 73.2 Å². The lowest BCUT2D eigenvalue weighted by molar-refractivity contribution is -0.116. The minimum absolute atomic E-state index is 0.103. The normalized spacial score (nSPS) is 16.8. The van der Waals surface area contributed by atoms with E-state index >= 15 is 0 Å². The predicted molar refractivity (Wildman–Crippen MR) is 174 cm³/mol. The first kappa shape index (κ1) is 30.4. The van der Waals surface area contributed by atoms with E-state index in [1.54, 1.807) is 25.6 Å². The summed E-state index contributed by atoms with van der Waals surface area (Å²) in [6.45, 7) is 0. The van der Waals surface area contributed by atoms with Crippen LogP contribution in [0.3, 0.4) is 0 Å². The number of thiazole rings is 1. The van der Waals surface area contributed by atoms with Crippen LogP contribution in [0.4, 0.5) is 10.3 Å². The van der Waals surface area contributed by atoms with Crippen LogP contribution in [0.15, 0.2) is 48.5 Å². The van der Waals surface area contributed by atoms with Gasteiger partial charge in [-0.15, -0.1) is 21.5 Å². The van der Waals surface area contributed by atoms with Crippen LogP contribution in [0, 0.1) is 3.70 Å². The molecule has 2 unspecified atom stereocenters. The Balaban J connectivity index is 1.20. The number of anilines is 2. The number of hydrogen-bond donors (Lipinski definition) is 2. The molecule has 220 valence electrons. The van der Waals surface area contributed by atoms with Gasteiger partial charge in [0.15, 0.2) is 5.13 Å². The summed E-state index contributed by atoms with van der Waals surface area (Å²) >= 11 is 5.30. The molecule has 2 aromatic heterocycles. The van der Waals surface area contributed by atoms with Crippen LogP contribution in [0.2, 0.25) is 0 Å². The van der Waals surface area contributed by atoms with E-state index in [0.717, 1.165) is 63.4 Å². The fraction of sp³-hybridized carbons (Fsp3) is 0.367. The highest BCUT2D eigenvalue weighted by molar-refractivity contribution is 14.1. The summed E-state index contributed by atoms with van der Waals surface area (Å²) in [4.78, 5) is 31.3. The second-order valence-corrected chi connectivity index (χ2v) is 13.2. The van der Waals surface area contributed by atoms with Gasteiger partial charge in [-0.2, -0.15) is 0 Å². The summed E-state index contributed by atoms with van der Waals surface area (Å²) in [5.74, 6) is 1.79. The van der Waals surface area contributed by atoms with Gasteiger partial charge in [0.25, 0.3) is 0 Å². The molecule has 12 heteroatoms. The maximum Gasteiger partial charge on any atom is 0.230 e. The van der Waals surface area contributed by atoms with E-state index in [4.69, 9.17) is 9.47 Å². The highest BCUT2D eigenvalue weighted by atomic mass is 127. The van der Waals surface area contributed by atoms with Crippen molar-refractivity contribution in [2.45, 2.75) is 56.8 Å². The standard InChI is InChI=1S/C30H32IN5O4S2/c1-39-22-11-5-7-18(13-22)15-24(37)32-29-34-27(31)26(41-29)20-9-3-4-10-21(17-20)28-35-36-30(42-28)33-25(38)16-19-8-6-12-23(14-19)40-2/h5-8,11-14,20-21H,3-4,9-10,15-17H2,1-2H3,(H,32,34,37)(H,33,36,38). The van der Waals surface area contributed by atoms with Crippen LogP contribution in [0.1, 0.15) is 65.0 Å². The Bertz CT molecular complexity index is 1540. The monoisotopic (exact) mass is 717 g/mol. The molecule has 0 radical (unpaired) electrons. The Hall–Kier alpha value is -3.10. The van der Waals surface area contributed by atoms with Crippen LogP contribution in [0.5, 0.6) is 11.5 Å². The van der Waals surface area contributed by atoms with E-state index < -0.39 is 0 Å². The molecule has 42 heavy (non-hydrogen) atoms. The number of rotatable bonds is 10. The van der Waals surface area contributed by atoms with Gasteiger partial charge in [-0.1, -0.05) is 48.4 Å². The number of carbonyl (C=O) groups excluding carboxylic acids is 2. The summed E-state index contributed by atoms with van der Waals surface area (Å²) in [5.41, 5.74) is 1.76. The third-order valence-electron chi connectivity index (χ3n) is 7.18. The number of ether oxygens (including phenoxy) is 2. The lowest BCUT2D eigenvalue weighted by atomic mass is 9.93. The number of benzene rings is 2. The average molecular weight is 718 g/mol. The lowest BCUT2D eigenvalue weighted by Gasteiger charge is -2.17. The molecule has 9 nitrogen and oxygen atoms in total. The first-order chi connectivity index (χ1) is 20.4. The SMILES string of the molecule is COc1cccc(CC(=O)Nc2nnc(C3CCCCC(c4sc(NC(=O)Cc5cccc(OC)c5)nc4I)C3)s2)c1. The highest BCUT2D eigenvalue weighted by Gasteiger charge is 2.29. The van der Waals surface area contributed by atoms with Crippen LogP contribution in [0.25, 0.3) is 0 Å². The molecule has 1 aliphatic carbocycles. The van der Waals surface area contributed by atoms with Crippen LogP contribution >= 0.6 is 45.3 Å². The van der Waals surface area contributed by atoms with Crippen molar-refractivity contribution < 1.29 is 19.1 Å². The number of methoxy groups -OCH3 is 2. The molecular weight excluding hydrogens is 685 g/mol. The molecule has 0 spiro atoms. The molecule has 2 atom stereocenters. The van der Waals surface area contributed by atoms with E-state index in [2.05, 4.69) is 48.4 Å². The minimum atomic E-state index is -0.134. The van der Waals surface area contributed by atoms with Gasteiger partial charge < -0.3 is 20.1 Å². The molecule has 2 amide bonds. The summed E-state index contributed by atoms with van der Waals surface area (Å²) in [6, 6.07) is 15.0. The maximum atomic E-state index is 12.7. The van der Waals surface area contributed by atoms with Gasteiger partial charge in [0.1, 0.15) is 20.2 Å². The van der Waals surface area contributed by atoms with E-state index in [0.29, 0.717) is 16.2 Å². The van der Waals surface area contributed by atoms with Crippen molar-refractivity contribution in [1.82, 2.24) is 15.2 Å². The van der Waals surface area contributed by atoms with Crippen molar-refractivity contribution in [2.75, 3.05) is 24.9 Å². The lowest BCUT2D eigenvalue weighted by Crippen LogP contribution is -2.14. The first-order valence-electron chi connectivity index (χ1n) is 13.8. The topological polar surface area (TPSA) is 115 Å². The Morgan fingerprint density at radius 3 is 2.07 bits per heavy atom. The largest absolute Gasteiger partial charge is 0.497 e. The van der Waals surface area contributed by atoms with Crippen molar-refractivity contribution >= 4 is 67.3 Å². The smallest absolute Gasteiger partial charge is 0.230 e. The number of nitrogens with zero attached hydrogens (tertiary/aromatic N) is 3. The second kappa shape index (κ2) is 14.4. The predicted octanol–water partition coefficient (Wildman–Crippen LogP) is 6.81. The van der Waals surface area contributed by atoms with Gasteiger partial charge in [0.05, 0.1) is 27.1 Å². The molecule has 4 aromatic rings. The summed E-state index contributed by atoms with van der Waals surface area (Å²) in [5, 5.41) is 16.7. The maximum absolute atomic E-state index is 12.7. The molecule has 0 saturated heterocycles. The number of carbonyl (C=O) groups is 2. The van der Waals surface area contributed by atoms with Crippen LogP contribution < -0.4 is 20.1 Å². The van der Waals surface area contributed by atoms with Crippen LogP contribution in [-0.2, 0) is 22.4 Å². The number of amides is 2. The molecule has 1 saturated carbocycles. The highest BCUT2D eigenvalue weighted by Crippen LogP contribution is 2.44. The minimum Gasteiger partial charge on any atom is -0.497 e.